The highest BCUT2D eigenvalue weighted by molar-refractivity contribution is 7.71. The van der Waals surface area contributed by atoms with Crippen LogP contribution >= 0.6 is 12.2 Å². The number of amides is 1. The molecule has 0 bridgehead atoms. The van der Waals surface area contributed by atoms with Crippen LogP contribution in [0.25, 0.3) is 5.69 Å². The van der Waals surface area contributed by atoms with Crippen molar-refractivity contribution in [3.8, 4) is 5.69 Å². The molecule has 1 aliphatic heterocycles. The maximum Gasteiger partial charge on any atom is 0.225 e. The van der Waals surface area contributed by atoms with E-state index >= 15 is 0 Å². The first kappa shape index (κ1) is 17.8. The lowest BCUT2D eigenvalue weighted by molar-refractivity contribution is -0.136. The molecule has 1 aromatic carbocycles. The van der Waals surface area contributed by atoms with Gasteiger partial charge in [0.05, 0.1) is 12.4 Å². The van der Waals surface area contributed by atoms with Crippen molar-refractivity contribution in [2.75, 3.05) is 26.2 Å². The first-order chi connectivity index (χ1) is 12.0. The Bertz CT molecular complexity index is 802. The van der Waals surface area contributed by atoms with Crippen LogP contribution in [0.5, 0.6) is 0 Å². The number of benzene rings is 1. The van der Waals surface area contributed by atoms with E-state index in [0.717, 1.165) is 31.9 Å². The number of carbonyl (C=O) groups excluding carboxylic acids is 1. The van der Waals surface area contributed by atoms with Gasteiger partial charge < -0.3 is 4.90 Å². The molecule has 3 rings (SSSR count). The lowest BCUT2D eigenvalue weighted by Crippen LogP contribution is -2.50. The third-order valence-corrected chi connectivity index (χ3v) is 5.03. The molecule has 7 heteroatoms. The smallest absolute Gasteiger partial charge is 0.225 e. The van der Waals surface area contributed by atoms with Crippen molar-refractivity contribution in [3.63, 3.8) is 0 Å². The third kappa shape index (κ3) is 3.82. The topological polar surface area (TPSA) is 46.3 Å². The molecule has 0 N–H and O–H groups in total. The van der Waals surface area contributed by atoms with Gasteiger partial charge in [-0.2, -0.15) is 5.10 Å². The largest absolute Gasteiger partial charge is 0.340 e. The van der Waals surface area contributed by atoms with Gasteiger partial charge in [0, 0.05) is 32.1 Å². The van der Waals surface area contributed by atoms with Crippen molar-refractivity contribution in [2.45, 2.75) is 27.4 Å². The minimum Gasteiger partial charge on any atom is -0.340 e. The van der Waals surface area contributed by atoms with E-state index in [0.29, 0.717) is 11.4 Å². The summed E-state index contributed by atoms with van der Waals surface area (Å²) in [7, 11) is 0. The molecule has 6 nitrogen and oxygen atoms in total. The van der Waals surface area contributed by atoms with Crippen molar-refractivity contribution in [1.82, 2.24) is 24.1 Å². The normalized spacial score (nSPS) is 15.8. The van der Waals surface area contributed by atoms with E-state index in [1.807, 2.05) is 46.2 Å². The molecule has 0 atom stereocenters. The van der Waals surface area contributed by atoms with Gasteiger partial charge in [-0.15, -0.1) is 0 Å². The maximum absolute atomic E-state index is 12.1. The summed E-state index contributed by atoms with van der Waals surface area (Å²) >= 11 is 5.61. The van der Waals surface area contributed by atoms with Gasteiger partial charge in [-0.1, -0.05) is 32.0 Å². The Morgan fingerprint density at radius 3 is 2.52 bits per heavy atom. The van der Waals surface area contributed by atoms with Gasteiger partial charge in [-0.3, -0.25) is 14.3 Å². The fraction of sp³-hybridized carbons (Fsp3) is 0.500. The Morgan fingerprint density at radius 1 is 1.20 bits per heavy atom. The second kappa shape index (κ2) is 7.49. The average molecular weight is 359 g/mol. The standard InChI is InChI=1S/C18H25N5OS/c1-14(2)17(24)21-10-8-20(9-11-21)13-23-18(25)22(12-19-23)16-7-5-4-6-15(16)3/h4-7,12,14H,8-11,13H2,1-3H3. The van der Waals surface area contributed by atoms with Crippen LogP contribution < -0.4 is 0 Å². The predicted molar refractivity (Wildman–Crippen MR) is 100 cm³/mol. The van der Waals surface area contributed by atoms with E-state index in [9.17, 15) is 4.79 Å². The van der Waals surface area contributed by atoms with E-state index in [1.165, 1.54) is 5.56 Å². The zero-order chi connectivity index (χ0) is 18.0. The minimum absolute atomic E-state index is 0.0602. The van der Waals surface area contributed by atoms with Crippen LogP contribution in [0.15, 0.2) is 30.6 Å². The summed E-state index contributed by atoms with van der Waals surface area (Å²) in [5, 5.41) is 4.46. The Labute approximate surface area is 153 Å². The Morgan fingerprint density at radius 2 is 1.88 bits per heavy atom. The van der Waals surface area contributed by atoms with Crippen LogP contribution in [0.3, 0.4) is 0 Å². The lowest BCUT2D eigenvalue weighted by Gasteiger charge is -2.35. The van der Waals surface area contributed by atoms with Crippen LogP contribution in [-0.2, 0) is 11.5 Å². The van der Waals surface area contributed by atoms with Gasteiger partial charge in [0.15, 0.2) is 0 Å². The molecule has 1 amide bonds. The van der Waals surface area contributed by atoms with Crippen molar-refractivity contribution in [2.24, 2.45) is 5.92 Å². The van der Waals surface area contributed by atoms with E-state index in [4.69, 9.17) is 12.2 Å². The highest BCUT2D eigenvalue weighted by Crippen LogP contribution is 2.14. The summed E-state index contributed by atoms with van der Waals surface area (Å²) in [5.74, 6) is 0.296. The maximum atomic E-state index is 12.1. The number of nitrogens with zero attached hydrogens (tertiary/aromatic N) is 5. The molecule has 2 aromatic rings. The number of rotatable bonds is 4. The molecule has 0 radical (unpaired) electrons. The van der Waals surface area contributed by atoms with Crippen LogP contribution in [0.1, 0.15) is 19.4 Å². The summed E-state index contributed by atoms with van der Waals surface area (Å²) in [6.45, 7) is 9.85. The number of hydrogen-bond acceptors (Lipinski definition) is 4. The van der Waals surface area contributed by atoms with E-state index < -0.39 is 0 Å². The molecule has 134 valence electrons. The molecular weight excluding hydrogens is 334 g/mol. The van der Waals surface area contributed by atoms with Gasteiger partial charge in [-0.05, 0) is 30.8 Å². The number of piperazine rings is 1. The van der Waals surface area contributed by atoms with Crippen molar-refractivity contribution in [1.29, 1.82) is 0 Å². The molecule has 1 saturated heterocycles. The van der Waals surface area contributed by atoms with E-state index in [1.54, 1.807) is 6.33 Å². The van der Waals surface area contributed by atoms with E-state index in [-0.39, 0.29) is 11.8 Å². The highest BCUT2D eigenvalue weighted by Gasteiger charge is 2.23. The van der Waals surface area contributed by atoms with Gasteiger partial charge in [0.2, 0.25) is 10.7 Å². The van der Waals surface area contributed by atoms with Crippen molar-refractivity contribution >= 4 is 18.1 Å². The summed E-state index contributed by atoms with van der Waals surface area (Å²) in [6, 6.07) is 8.14. The first-order valence-electron chi connectivity index (χ1n) is 8.69. The molecule has 1 aromatic heterocycles. The molecule has 1 fully saturated rings. The predicted octanol–water partition coefficient (Wildman–Crippen LogP) is 2.47. The number of carbonyl (C=O) groups is 1. The Hall–Kier alpha value is -1.99. The molecule has 0 spiro atoms. The van der Waals surface area contributed by atoms with Crippen LogP contribution in [0.2, 0.25) is 0 Å². The third-order valence-electron chi connectivity index (χ3n) is 4.62. The highest BCUT2D eigenvalue weighted by atomic mass is 32.1. The summed E-state index contributed by atoms with van der Waals surface area (Å²) in [4.78, 5) is 16.3. The molecule has 0 unspecified atom stereocenters. The van der Waals surface area contributed by atoms with Gasteiger partial charge in [-0.25, -0.2) is 4.68 Å². The first-order valence-corrected chi connectivity index (χ1v) is 9.10. The van der Waals surface area contributed by atoms with Crippen molar-refractivity contribution < 1.29 is 4.79 Å². The summed E-state index contributed by atoms with van der Waals surface area (Å²) < 4.78 is 4.49. The van der Waals surface area contributed by atoms with Crippen LogP contribution in [0.4, 0.5) is 0 Å². The zero-order valence-electron chi connectivity index (χ0n) is 15.1. The number of para-hydroxylation sites is 1. The van der Waals surface area contributed by atoms with Crippen LogP contribution in [0, 0.1) is 17.6 Å². The lowest BCUT2D eigenvalue weighted by atomic mass is 10.1. The second-order valence-corrected chi connectivity index (χ2v) is 7.17. The molecule has 0 saturated carbocycles. The van der Waals surface area contributed by atoms with E-state index in [2.05, 4.69) is 23.0 Å². The SMILES string of the molecule is Cc1ccccc1-n1cnn(CN2CCN(C(=O)C(C)C)CC2)c1=S. The summed E-state index contributed by atoms with van der Waals surface area (Å²) in [5.41, 5.74) is 2.23. The monoisotopic (exact) mass is 359 g/mol. The number of hydrogen-bond donors (Lipinski definition) is 0. The molecule has 0 aliphatic carbocycles. The Balaban J connectivity index is 1.67. The molecule has 25 heavy (non-hydrogen) atoms. The van der Waals surface area contributed by atoms with Gasteiger partial charge >= 0.3 is 0 Å². The number of aryl methyl sites for hydroxylation is 1. The number of aromatic nitrogens is 3. The fourth-order valence-corrected chi connectivity index (χ4v) is 3.35. The van der Waals surface area contributed by atoms with Crippen molar-refractivity contribution in [3.05, 3.63) is 40.9 Å². The molecule has 2 heterocycles. The molecule has 1 aliphatic rings. The second-order valence-electron chi connectivity index (χ2n) is 6.81. The van der Waals surface area contributed by atoms with Gasteiger partial charge in [0.1, 0.15) is 6.33 Å². The molecular formula is C18H25N5OS. The van der Waals surface area contributed by atoms with Gasteiger partial charge in [0.25, 0.3) is 0 Å². The van der Waals surface area contributed by atoms with Crippen LogP contribution in [-0.4, -0.2) is 56.2 Å². The average Bonchev–Trinajstić information content (AvgIpc) is 2.96. The minimum atomic E-state index is 0.0602. The quantitative estimate of drug-likeness (QED) is 0.787. The zero-order valence-corrected chi connectivity index (χ0v) is 15.9. The summed E-state index contributed by atoms with van der Waals surface area (Å²) in [6.07, 6.45) is 1.78. The Kier molecular flexibility index (Phi) is 5.34. The fourth-order valence-electron chi connectivity index (χ4n) is 3.10.